The third-order valence-electron chi connectivity index (χ3n) is 20.4. The zero-order chi connectivity index (χ0) is 61.2. The molecule has 0 atom stereocenters. The Kier molecular flexibility index (Phi) is 10.9. The van der Waals surface area contributed by atoms with Crippen LogP contribution in [0.25, 0.3) is 165 Å². The topological polar surface area (TPSA) is 29.6 Å². The number of para-hydroxylation sites is 8. The van der Waals surface area contributed by atoms with Gasteiger partial charge < -0.3 is 27.4 Å². The summed E-state index contributed by atoms with van der Waals surface area (Å²) in [5, 5.41) is 17.7. The van der Waals surface area contributed by atoms with Gasteiger partial charge >= 0.3 is 0 Å². The van der Waals surface area contributed by atoms with Crippen molar-refractivity contribution < 1.29 is 0 Å². The van der Waals surface area contributed by atoms with Crippen LogP contribution in [0.4, 0.5) is 0 Å². The van der Waals surface area contributed by atoms with Crippen LogP contribution in [0.5, 0.6) is 0 Å². The average molecular weight is 1200 g/mol. The van der Waals surface area contributed by atoms with Crippen molar-refractivity contribution in [2.24, 2.45) is 0 Å². The normalized spacial score (nSPS) is 12.4. The molecule has 0 radical (unpaired) electrons. The fraction of sp³-hybridized carbons (Fsp3) is 0.0233. The molecule has 93 heavy (non-hydrogen) atoms. The quantitative estimate of drug-likeness (QED) is 0.136. The summed E-state index contributed by atoms with van der Waals surface area (Å²) >= 11 is 0. The molecule has 0 unspecified atom stereocenters. The number of hydrogen-bond acceptors (Lipinski definition) is 0. The SMILES string of the molecule is C[Si](C)(c1ccc2c(c1)c1cc3c4cc(-n5c6ccccc6c6ccccc65)ccc4n(-c4ccccc4)c3cc1n2-c1ccccc1)c1ccc2c(c1)c1cc3c4cc(-n5c6ccccc6c6ccccc65)ccc4n(-c4ccccc4)c3cc1n2-c1ccccc1. The van der Waals surface area contributed by atoms with Crippen LogP contribution in [0.3, 0.4) is 0 Å². The molecule has 0 N–H and O–H groups in total. The Morgan fingerprint density at radius 2 is 0.387 bits per heavy atom. The summed E-state index contributed by atoms with van der Waals surface area (Å²) < 4.78 is 14.8. The molecule has 6 heterocycles. The third-order valence-corrected chi connectivity index (χ3v) is 24.0. The van der Waals surface area contributed by atoms with E-state index in [1.54, 1.807) is 0 Å². The van der Waals surface area contributed by atoms with Gasteiger partial charge in [0.2, 0.25) is 0 Å². The molecule has 0 bridgehead atoms. The first-order valence-corrected chi connectivity index (χ1v) is 35.2. The van der Waals surface area contributed by atoms with Crippen molar-refractivity contribution in [3.63, 3.8) is 0 Å². The van der Waals surface area contributed by atoms with E-state index in [1.807, 2.05) is 0 Å². The lowest BCUT2D eigenvalue weighted by Crippen LogP contribution is -2.52. The van der Waals surface area contributed by atoms with Crippen molar-refractivity contribution in [3.8, 4) is 34.1 Å². The maximum Gasteiger partial charge on any atom is 0.112 e. The van der Waals surface area contributed by atoms with Gasteiger partial charge in [0.05, 0.1) is 66.2 Å². The lowest BCUT2D eigenvalue weighted by Gasteiger charge is -2.24. The predicted molar refractivity (Wildman–Crippen MR) is 396 cm³/mol. The second-order valence-electron chi connectivity index (χ2n) is 25.7. The molecule has 0 saturated heterocycles. The van der Waals surface area contributed by atoms with Crippen molar-refractivity contribution in [2.75, 3.05) is 0 Å². The zero-order valence-electron chi connectivity index (χ0n) is 51.2. The van der Waals surface area contributed by atoms with E-state index < -0.39 is 8.07 Å². The third kappa shape index (κ3) is 7.45. The van der Waals surface area contributed by atoms with E-state index in [-0.39, 0.29) is 0 Å². The first-order valence-electron chi connectivity index (χ1n) is 32.2. The predicted octanol–water partition coefficient (Wildman–Crippen LogP) is 21.1. The van der Waals surface area contributed by atoms with Crippen molar-refractivity contribution >= 4 is 149 Å². The Hall–Kier alpha value is -11.9. The molecule has 7 heteroatoms. The highest BCUT2D eigenvalue weighted by Gasteiger charge is 2.30. The molecule has 0 aliphatic rings. The van der Waals surface area contributed by atoms with Crippen LogP contribution in [0, 0.1) is 0 Å². The zero-order valence-corrected chi connectivity index (χ0v) is 52.2. The van der Waals surface area contributed by atoms with Crippen LogP contribution < -0.4 is 10.4 Å². The average Bonchev–Trinajstić information content (AvgIpc) is 1.56. The Morgan fingerprint density at radius 3 is 0.688 bits per heavy atom. The monoisotopic (exact) mass is 1200 g/mol. The van der Waals surface area contributed by atoms with E-state index in [2.05, 4.69) is 356 Å². The summed E-state index contributed by atoms with van der Waals surface area (Å²) in [6.45, 7) is 5.09. The fourth-order valence-electron chi connectivity index (χ4n) is 16.1. The summed E-state index contributed by atoms with van der Waals surface area (Å²) in [6.07, 6.45) is 0. The number of benzene rings is 14. The van der Waals surface area contributed by atoms with E-state index >= 15 is 0 Å². The Bertz CT molecular complexity index is 5990. The summed E-state index contributed by atoms with van der Waals surface area (Å²) in [4.78, 5) is 0. The van der Waals surface area contributed by atoms with Gasteiger partial charge in [0.25, 0.3) is 0 Å². The molecule has 6 nitrogen and oxygen atoms in total. The number of rotatable bonds is 8. The lowest BCUT2D eigenvalue weighted by atomic mass is 10.1. The van der Waals surface area contributed by atoms with Crippen LogP contribution in [-0.2, 0) is 0 Å². The van der Waals surface area contributed by atoms with E-state index in [0.717, 1.165) is 34.1 Å². The minimum atomic E-state index is -2.48. The van der Waals surface area contributed by atoms with Crippen molar-refractivity contribution in [2.45, 2.75) is 13.1 Å². The van der Waals surface area contributed by atoms with E-state index in [4.69, 9.17) is 0 Å². The molecule has 0 aliphatic carbocycles. The van der Waals surface area contributed by atoms with Gasteiger partial charge in [-0.2, -0.15) is 0 Å². The Labute approximate surface area is 536 Å². The molecule has 20 rings (SSSR count). The minimum Gasteiger partial charge on any atom is -0.309 e. The van der Waals surface area contributed by atoms with Crippen molar-refractivity contribution in [1.29, 1.82) is 0 Å². The first kappa shape index (κ1) is 51.9. The number of aromatic nitrogens is 6. The van der Waals surface area contributed by atoms with Crippen LogP contribution in [-0.4, -0.2) is 35.5 Å². The van der Waals surface area contributed by atoms with Crippen LogP contribution in [0.15, 0.2) is 315 Å². The van der Waals surface area contributed by atoms with Gasteiger partial charge in [0.15, 0.2) is 0 Å². The highest BCUT2D eigenvalue weighted by atomic mass is 28.3. The molecule has 20 aromatic rings. The van der Waals surface area contributed by atoms with Gasteiger partial charge in [0.1, 0.15) is 8.07 Å². The Balaban J connectivity index is 0.807. The summed E-state index contributed by atoms with van der Waals surface area (Å²) in [5.41, 5.74) is 21.1. The summed E-state index contributed by atoms with van der Waals surface area (Å²) in [7, 11) is -2.48. The highest BCUT2D eigenvalue weighted by molar-refractivity contribution is 7.00. The second kappa shape index (κ2) is 19.6. The van der Waals surface area contributed by atoms with Crippen molar-refractivity contribution in [1.82, 2.24) is 27.4 Å². The summed E-state index contributed by atoms with van der Waals surface area (Å²) in [6, 6.07) is 118. The van der Waals surface area contributed by atoms with Gasteiger partial charge in [-0.1, -0.05) is 193 Å². The second-order valence-corrected chi connectivity index (χ2v) is 30.1. The standard InChI is InChI=1S/C86H58N6Si/c1-93(2,61-41-45-81-69(49-61)73-51-71-67-47-59(91-75-35-19-15-31-63(75)64-32-16-20-36-76(64)91)39-43-79(67)87(55-23-7-3-8-24-55)83(71)53-85(73)89(81)57-27-11-5-12-28-57)62-42-46-82-70(50-62)74-52-72-68-48-60(92-77-37-21-17-33-65(77)66-34-18-22-38-78(66)92)40-44-80(68)88(56-25-9-4-10-26-56)84(72)54-86(74)90(82)58-29-13-6-14-30-58/h3-54H,1-2H3. The molecule has 14 aromatic carbocycles. The van der Waals surface area contributed by atoms with Gasteiger partial charge in [-0.15, -0.1) is 0 Å². The van der Waals surface area contributed by atoms with E-state index in [9.17, 15) is 0 Å². The van der Waals surface area contributed by atoms with Gasteiger partial charge in [-0.25, -0.2) is 0 Å². The van der Waals surface area contributed by atoms with E-state index in [1.165, 1.54) is 141 Å². The molecule has 0 spiro atoms. The van der Waals surface area contributed by atoms with Gasteiger partial charge in [-0.3, -0.25) is 0 Å². The minimum absolute atomic E-state index is 1.13. The molecule has 0 saturated carbocycles. The molecular formula is C86H58N6Si. The number of nitrogens with zero attached hydrogens (tertiary/aromatic N) is 6. The molecule has 436 valence electrons. The highest BCUT2D eigenvalue weighted by Crippen LogP contribution is 2.45. The maximum atomic E-state index is 2.56. The van der Waals surface area contributed by atoms with Gasteiger partial charge in [-0.05, 0) is 146 Å². The van der Waals surface area contributed by atoms with Crippen LogP contribution in [0.1, 0.15) is 0 Å². The summed E-state index contributed by atoms with van der Waals surface area (Å²) in [5.74, 6) is 0. The lowest BCUT2D eigenvalue weighted by molar-refractivity contribution is 1.16. The number of hydrogen-bond donors (Lipinski definition) is 0. The fourth-order valence-corrected chi connectivity index (χ4v) is 18.4. The molecule has 0 fully saturated rings. The molecule has 6 aromatic heterocycles. The van der Waals surface area contributed by atoms with Crippen LogP contribution in [0.2, 0.25) is 13.1 Å². The molecule has 0 amide bonds. The smallest absolute Gasteiger partial charge is 0.112 e. The Morgan fingerprint density at radius 1 is 0.161 bits per heavy atom. The van der Waals surface area contributed by atoms with Crippen LogP contribution >= 0.6 is 0 Å². The largest absolute Gasteiger partial charge is 0.309 e. The molecular weight excluding hydrogens is 1150 g/mol. The van der Waals surface area contributed by atoms with E-state index in [0.29, 0.717) is 0 Å². The first-order chi connectivity index (χ1) is 45.9. The van der Waals surface area contributed by atoms with Crippen molar-refractivity contribution in [3.05, 3.63) is 315 Å². The van der Waals surface area contributed by atoms with Gasteiger partial charge in [0, 0.05) is 98.8 Å². The maximum absolute atomic E-state index is 2.56. The number of fused-ring (bicyclic) bond motifs is 18. The molecule has 0 aliphatic heterocycles.